The smallest absolute Gasteiger partial charge is 0.160 e. The van der Waals surface area contributed by atoms with Crippen molar-refractivity contribution in [2.45, 2.75) is 278 Å². The number of aliphatic imine (C=N–C) groups is 1. The van der Waals surface area contributed by atoms with Crippen molar-refractivity contribution in [2.75, 3.05) is 52.9 Å². The van der Waals surface area contributed by atoms with Gasteiger partial charge in [0.2, 0.25) is 0 Å². The molecule has 2 unspecified atom stereocenters. The number of fused-ring (bicyclic) bond motifs is 1. The molecule has 0 aromatic carbocycles. The van der Waals surface area contributed by atoms with E-state index in [4.69, 9.17) is 9.47 Å². The highest BCUT2D eigenvalue weighted by atomic mass is 19.1. The molecule has 1 N–H and O–H groups in total. The average molecular weight is 963 g/mol. The van der Waals surface area contributed by atoms with E-state index < -0.39 is 0 Å². The second kappa shape index (κ2) is 55.6. The number of anilines is 1. The van der Waals surface area contributed by atoms with E-state index in [-0.39, 0.29) is 0 Å². The Labute approximate surface area is 421 Å². The summed E-state index contributed by atoms with van der Waals surface area (Å²) in [4.78, 5) is 36.7. The Kier molecular flexibility index (Phi) is 55.4. The van der Waals surface area contributed by atoms with Gasteiger partial charge in [0.1, 0.15) is 24.7 Å². The summed E-state index contributed by atoms with van der Waals surface area (Å²) in [5, 5.41) is 3.53. The third kappa shape index (κ3) is 43.7. The summed E-state index contributed by atoms with van der Waals surface area (Å²) in [6, 6.07) is 0. The molecule has 2 heterocycles. The molecule has 0 fully saturated rings. The molecule has 400 valence electrons. The SMILES string of the molecule is CC1C=Nc2ncnc(NCCCN(CCCCCCCC=O)CCCCCCCC=O)c2C1.CCCCCCCCC(CC)OC.CCCCCCCCC(CCCCCCCC)OC.CF. The van der Waals surface area contributed by atoms with E-state index in [2.05, 4.69) is 59.8 Å². The van der Waals surface area contributed by atoms with Crippen molar-refractivity contribution in [1.82, 2.24) is 14.9 Å². The van der Waals surface area contributed by atoms with Crippen LogP contribution in [0.2, 0.25) is 0 Å². The summed E-state index contributed by atoms with van der Waals surface area (Å²) in [5.74, 6) is 2.16. The van der Waals surface area contributed by atoms with Gasteiger partial charge in [0.15, 0.2) is 5.82 Å². The van der Waals surface area contributed by atoms with Crippen LogP contribution in [0.15, 0.2) is 11.3 Å². The maximum Gasteiger partial charge on any atom is 0.160 e. The summed E-state index contributed by atoms with van der Waals surface area (Å²) in [5.41, 5.74) is 1.14. The zero-order valence-corrected chi connectivity index (χ0v) is 46.1. The lowest BCUT2D eigenvalue weighted by molar-refractivity contribution is -0.108. The first kappa shape index (κ1) is 67.8. The lowest BCUT2D eigenvalue weighted by Crippen LogP contribution is -2.28. The van der Waals surface area contributed by atoms with Gasteiger partial charge in [0.25, 0.3) is 0 Å². The van der Waals surface area contributed by atoms with Crippen LogP contribution in [0.25, 0.3) is 0 Å². The molecule has 2 atom stereocenters. The third-order valence-electron chi connectivity index (χ3n) is 13.2. The van der Waals surface area contributed by atoms with E-state index in [1.165, 1.54) is 173 Å². The fourth-order valence-corrected chi connectivity index (χ4v) is 8.78. The summed E-state index contributed by atoms with van der Waals surface area (Å²) in [6.45, 7) is 15.5. The molecule has 2 rings (SSSR count). The molecule has 1 aliphatic heterocycles. The number of aldehydes is 2. The molecular formula is C58H112FN5O4. The van der Waals surface area contributed by atoms with E-state index in [1.54, 1.807) is 6.33 Å². The minimum atomic E-state index is 0.423. The molecule has 0 radical (unpaired) electrons. The first-order chi connectivity index (χ1) is 33.4. The number of ether oxygens (including phenoxy) is 2. The quantitative estimate of drug-likeness (QED) is 0.0509. The van der Waals surface area contributed by atoms with Crippen LogP contribution >= 0.6 is 0 Å². The van der Waals surface area contributed by atoms with Gasteiger partial charge in [-0.05, 0) is 89.8 Å². The first-order valence-electron chi connectivity index (χ1n) is 28.6. The number of aromatic nitrogens is 2. The topological polar surface area (TPSA) is 106 Å². The zero-order valence-electron chi connectivity index (χ0n) is 46.1. The Morgan fingerprint density at radius 2 is 1.00 bits per heavy atom. The lowest BCUT2D eigenvalue weighted by Gasteiger charge is -2.23. The molecule has 1 aromatic rings. The van der Waals surface area contributed by atoms with Crippen LogP contribution in [-0.4, -0.2) is 93.4 Å². The number of carbonyl (C=O) groups excluding carboxylic acids is 2. The molecule has 68 heavy (non-hydrogen) atoms. The standard InChI is InChI=1S/C27H45N5O2.C18H38O.C12H26O.CH3F/c1-24-21-25-26(30-23-31-27(25)29-22-24)28-15-14-18-32(16-10-6-2-4-8-12-19-33)17-11-7-3-5-9-13-20-34;1-4-6-8-10-12-14-16-18(19-3)17-15-13-11-9-7-5-2;1-4-6-7-8-9-10-11-12(5-2)13-3;1-2/h19-20,22-24H,2-18,21H2,1H3,(H,28,30,31);18H,4-17H2,1-3H3;12H,4-11H2,1-3H3;1H3. The number of halogens is 1. The molecular weight excluding hydrogens is 850 g/mol. The van der Waals surface area contributed by atoms with E-state index >= 15 is 0 Å². The van der Waals surface area contributed by atoms with Crippen molar-refractivity contribution in [1.29, 1.82) is 0 Å². The summed E-state index contributed by atoms with van der Waals surface area (Å²) < 4.78 is 20.4. The second-order valence-corrected chi connectivity index (χ2v) is 19.3. The number of nitrogens with zero attached hydrogens (tertiary/aromatic N) is 4. The first-order valence-corrected chi connectivity index (χ1v) is 28.6. The van der Waals surface area contributed by atoms with Crippen molar-refractivity contribution in [3.63, 3.8) is 0 Å². The van der Waals surface area contributed by atoms with Crippen LogP contribution in [0.3, 0.4) is 0 Å². The number of carbonyl (C=O) groups is 2. The van der Waals surface area contributed by atoms with Crippen molar-refractivity contribution >= 4 is 30.4 Å². The molecule has 0 aliphatic carbocycles. The van der Waals surface area contributed by atoms with E-state index in [1.807, 2.05) is 20.4 Å². The van der Waals surface area contributed by atoms with E-state index in [0.717, 1.165) is 101 Å². The minimum absolute atomic E-state index is 0.423. The van der Waals surface area contributed by atoms with Crippen LogP contribution in [0, 0.1) is 5.92 Å². The van der Waals surface area contributed by atoms with Gasteiger partial charge in [0.05, 0.1) is 19.4 Å². The summed E-state index contributed by atoms with van der Waals surface area (Å²) in [7, 11) is 4.21. The van der Waals surface area contributed by atoms with Crippen molar-refractivity contribution in [3.8, 4) is 0 Å². The van der Waals surface area contributed by atoms with Crippen molar-refractivity contribution < 1.29 is 23.5 Å². The zero-order chi connectivity index (χ0) is 50.4. The number of nitrogens with one attached hydrogen (secondary N) is 1. The Hall–Kier alpha value is -2.30. The largest absolute Gasteiger partial charge is 0.381 e. The third-order valence-corrected chi connectivity index (χ3v) is 13.2. The molecule has 0 saturated heterocycles. The Balaban J connectivity index is 0. The van der Waals surface area contributed by atoms with E-state index in [9.17, 15) is 14.0 Å². The van der Waals surface area contributed by atoms with Gasteiger partial charge in [-0.15, -0.1) is 0 Å². The van der Waals surface area contributed by atoms with Crippen molar-refractivity contribution in [3.05, 3.63) is 11.9 Å². The highest BCUT2D eigenvalue weighted by molar-refractivity contribution is 5.72. The van der Waals surface area contributed by atoms with Crippen LogP contribution in [0.1, 0.15) is 265 Å². The van der Waals surface area contributed by atoms with Crippen LogP contribution in [-0.2, 0) is 25.5 Å². The molecule has 0 spiro atoms. The monoisotopic (exact) mass is 962 g/mol. The molecule has 0 bridgehead atoms. The normalized spacial score (nSPS) is 13.2. The number of methoxy groups -OCH3 is 2. The minimum Gasteiger partial charge on any atom is -0.381 e. The highest BCUT2D eigenvalue weighted by Crippen LogP contribution is 2.28. The lowest BCUT2D eigenvalue weighted by atomic mass is 10.0. The Morgan fingerprint density at radius 1 is 0.588 bits per heavy atom. The van der Waals surface area contributed by atoms with Gasteiger partial charge in [-0.1, -0.05) is 189 Å². The highest BCUT2D eigenvalue weighted by Gasteiger charge is 2.17. The maximum atomic E-state index is 10.4. The number of hydrogen-bond acceptors (Lipinski definition) is 9. The van der Waals surface area contributed by atoms with Gasteiger partial charge < -0.3 is 29.3 Å². The van der Waals surface area contributed by atoms with Gasteiger partial charge >= 0.3 is 0 Å². The van der Waals surface area contributed by atoms with E-state index in [0.29, 0.717) is 38.1 Å². The average Bonchev–Trinajstić information content (AvgIpc) is 3.36. The van der Waals surface area contributed by atoms with Gasteiger partial charge in [-0.25, -0.2) is 15.0 Å². The fraction of sp³-hybridized carbons (Fsp3) is 0.879. The molecule has 0 saturated carbocycles. The summed E-state index contributed by atoms with van der Waals surface area (Å²) >= 11 is 0. The number of unbranched alkanes of at least 4 members (excludes halogenated alkanes) is 25. The molecule has 0 amide bonds. The Bertz CT molecular complexity index is 1170. The van der Waals surface area contributed by atoms with Crippen LogP contribution < -0.4 is 5.32 Å². The molecule has 1 aromatic heterocycles. The predicted octanol–water partition coefficient (Wildman–Crippen LogP) is 16.8. The molecule has 9 nitrogen and oxygen atoms in total. The number of alkyl halides is 1. The van der Waals surface area contributed by atoms with Crippen LogP contribution in [0.4, 0.5) is 16.0 Å². The number of hydrogen-bond donors (Lipinski definition) is 1. The predicted molar refractivity (Wildman–Crippen MR) is 293 cm³/mol. The van der Waals surface area contributed by atoms with Crippen LogP contribution in [0.5, 0.6) is 0 Å². The van der Waals surface area contributed by atoms with Gasteiger partial charge in [0, 0.05) is 45.4 Å². The molecule has 1 aliphatic rings. The maximum absolute atomic E-state index is 10.4. The Morgan fingerprint density at radius 3 is 1.44 bits per heavy atom. The van der Waals surface area contributed by atoms with Crippen molar-refractivity contribution in [2.24, 2.45) is 10.9 Å². The van der Waals surface area contributed by atoms with Gasteiger partial charge in [-0.3, -0.25) is 4.39 Å². The molecule has 10 heteroatoms. The second-order valence-electron chi connectivity index (χ2n) is 19.3. The van der Waals surface area contributed by atoms with Gasteiger partial charge in [-0.2, -0.15) is 0 Å². The fourth-order valence-electron chi connectivity index (χ4n) is 8.78. The summed E-state index contributed by atoms with van der Waals surface area (Å²) in [6.07, 6.45) is 51.8. The number of rotatable bonds is 45.